The smallest absolute Gasteiger partial charge is 0.151 e. The second-order valence-electron chi connectivity index (χ2n) is 6.22. The van der Waals surface area contributed by atoms with Gasteiger partial charge in [-0.15, -0.1) is 10.2 Å². The maximum absolute atomic E-state index is 9.63. The Labute approximate surface area is 163 Å². The first-order valence-corrected chi connectivity index (χ1v) is 8.78. The van der Waals surface area contributed by atoms with Crippen LogP contribution in [0.3, 0.4) is 0 Å². The normalized spacial score (nSPS) is 10.9. The largest absolute Gasteiger partial charge is 0.382 e. The zero-order valence-electron chi connectivity index (χ0n) is 15.1. The van der Waals surface area contributed by atoms with Gasteiger partial charge >= 0.3 is 0 Å². The predicted octanol–water partition coefficient (Wildman–Crippen LogP) is 5.81. The number of nitrogens with two attached hydrogens (primary N) is 1. The number of anilines is 1. The summed E-state index contributed by atoms with van der Waals surface area (Å²) < 4.78 is 0. The Bertz CT molecular complexity index is 1050. The molecule has 0 saturated heterocycles. The number of pyridine rings is 1. The van der Waals surface area contributed by atoms with Gasteiger partial charge in [-0.05, 0) is 42.7 Å². The van der Waals surface area contributed by atoms with Crippen LogP contribution in [0.25, 0.3) is 0 Å². The van der Waals surface area contributed by atoms with Crippen LogP contribution in [0.15, 0.2) is 58.8 Å². The van der Waals surface area contributed by atoms with Crippen LogP contribution < -0.4 is 5.73 Å². The van der Waals surface area contributed by atoms with E-state index in [1.165, 1.54) is 0 Å². The van der Waals surface area contributed by atoms with Gasteiger partial charge in [0.05, 0.1) is 16.3 Å². The van der Waals surface area contributed by atoms with Gasteiger partial charge in [0.25, 0.3) is 0 Å². The van der Waals surface area contributed by atoms with Crippen molar-refractivity contribution in [3.63, 3.8) is 0 Å². The average Bonchev–Trinajstić information content (AvgIpc) is 2.65. The van der Waals surface area contributed by atoms with E-state index in [0.717, 1.165) is 11.1 Å². The minimum absolute atomic E-state index is 0.241. The van der Waals surface area contributed by atoms with Crippen LogP contribution >= 0.6 is 11.6 Å². The number of hydrogen-bond donors (Lipinski definition) is 1. The predicted molar refractivity (Wildman–Crippen MR) is 108 cm³/mol. The topological polar surface area (TPSA) is 87.4 Å². The third kappa shape index (κ3) is 4.13. The summed E-state index contributed by atoms with van der Waals surface area (Å²) in [6.07, 6.45) is 0.524. The Morgan fingerprint density at radius 3 is 2.56 bits per heavy atom. The first-order valence-electron chi connectivity index (χ1n) is 8.40. The monoisotopic (exact) mass is 375 g/mol. The molecule has 0 unspecified atom stereocenters. The van der Waals surface area contributed by atoms with Crippen molar-refractivity contribution < 1.29 is 0 Å². The number of nitriles is 1. The molecule has 0 amide bonds. The van der Waals surface area contributed by atoms with Crippen LogP contribution in [0.1, 0.15) is 27.9 Å². The molecule has 0 bridgehead atoms. The molecule has 3 rings (SSSR count). The first kappa shape index (κ1) is 18.6. The van der Waals surface area contributed by atoms with Crippen molar-refractivity contribution in [3.05, 3.63) is 81.5 Å². The molecule has 0 saturated carbocycles. The second kappa shape index (κ2) is 7.98. The first-order chi connectivity index (χ1) is 13.0. The Hall–Kier alpha value is -3.23. The van der Waals surface area contributed by atoms with E-state index in [-0.39, 0.29) is 5.82 Å². The van der Waals surface area contributed by atoms with Gasteiger partial charge in [0.15, 0.2) is 5.82 Å². The highest BCUT2D eigenvalue weighted by molar-refractivity contribution is 6.32. The minimum atomic E-state index is 0.241. The van der Waals surface area contributed by atoms with Crippen molar-refractivity contribution in [3.8, 4) is 6.07 Å². The van der Waals surface area contributed by atoms with Crippen molar-refractivity contribution in [2.75, 3.05) is 5.73 Å². The van der Waals surface area contributed by atoms with E-state index >= 15 is 0 Å². The number of azo groups is 1. The van der Waals surface area contributed by atoms with Gasteiger partial charge in [0, 0.05) is 6.42 Å². The van der Waals surface area contributed by atoms with Crippen LogP contribution in [-0.2, 0) is 6.42 Å². The number of aromatic nitrogens is 1. The van der Waals surface area contributed by atoms with Crippen LogP contribution in [0.5, 0.6) is 0 Å². The summed E-state index contributed by atoms with van der Waals surface area (Å²) in [4.78, 5) is 4.42. The van der Waals surface area contributed by atoms with Gasteiger partial charge in [0.2, 0.25) is 0 Å². The molecule has 6 heteroatoms. The average molecular weight is 376 g/mol. The third-order valence-electron chi connectivity index (χ3n) is 4.20. The van der Waals surface area contributed by atoms with Gasteiger partial charge in [-0.2, -0.15) is 5.26 Å². The van der Waals surface area contributed by atoms with E-state index < -0.39 is 0 Å². The quantitative estimate of drug-likeness (QED) is 0.583. The summed E-state index contributed by atoms with van der Waals surface area (Å²) in [6.45, 7) is 3.75. The Kier molecular flexibility index (Phi) is 5.49. The standard InChI is InChI=1S/C21H18ClN5/c1-13-8-9-17(22)19(10-13)26-27-20-14(2)16(12-23)18(25-21(20)24)11-15-6-4-3-5-7-15/h3-10H,11H2,1-2H3,(H2,24,25). The summed E-state index contributed by atoms with van der Waals surface area (Å²) in [5, 5.41) is 18.6. The van der Waals surface area contributed by atoms with Crippen LogP contribution in [0.2, 0.25) is 5.02 Å². The number of nitrogen functional groups attached to an aromatic ring is 1. The van der Waals surface area contributed by atoms with Crippen LogP contribution in [-0.4, -0.2) is 4.98 Å². The van der Waals surface area contributed by atoms with Gasteiger partial charge in [-0.1, -0.05) is 48.0 Å². The molecule has 2 N–H and O–H groups in total. The molecule has 0 spiro atoms. The number of hydrogen-bond acceptors (Lipinski definition) is 5. The van der Waals surface area contributed by atoms with Gasteiger partial charge < -0.3 is 5.73 Å². The molecule has 0 fully saturated rings. The van der Waals surface area contributed by atoms with Gasteiger partial charge in [0.1, 0.15) is 17.4 Å². The van der Waals surface area contributed by atoms with Crippen molar-refractivity contribution in [2.45, 2.75) is 20.3 Å². The van der Waals surface area contributed by atoms with E-state index in [4.69, 9.17) is 17.3 Å². The fourth-order valence-electron chi connectivity index (χ4n) is 2.78. The fourth-order valence-corrected chi connectivity index (χ4v) is 2.93. The van der Waals surface area contributed by atoms with Gasteiger partial charge in [-0.3, -0.25) is 0 Å². The van der Waals surface area contributed by atoms with E-state index in [1.54, 1.807) is 13.0 Å². The molecule has 1 aromatic heterocycles. The van der Waals surface area contributed by atoms with Crippen LogP contribution in [0, 0.1) is 25.2 Å². The highest BCUT2D eigenvalue weighted by Gasteiger charge is 2.16. The molecular formula is C21H18ClN5. The molecule has 3 aromatic rings. The molecule has 0 radical (unpaired) electrons. The van der Waals surface area contributed by atoms with E-state index in [2.05, 4.69) is 21.3 Å². The summed E-state index contributed by atoms with van der Waals surface area (Å²) >= 11 is 6.16. The highest BCUT2D eigenvalue weighted by Crippen LogP contribution is 2.33. The second-order valence-corrected chi connectivity index (χ2v) is 6.63. The number of aryl methyl sites for hydroxylation is 1. The molecule has 0 aliphatic carbocycles. The number of benzene rings is 2. The van der Waals surface area contributed by atoms with Crippen molar-refractivity contribution in [2.24, 2.45) is 10.2 Å². The molecular weight excluding hydrogens is 358 g/mol. The Morgan fingerprint density at radius 2 is 1.85 bits per heavy atom. The summed E-state index contributed by atoms with van der Waals surface area (Å²) in [6, 6.07) is 17.5. The van der Waals surface area contributed by atoms with E-state index in [0.29, 0.717) is 39.6 Å². The van der Waals surface area contributed by atoms with Crippen LogP contribution in [0.4, 0.5) is 17.2 Å². The number of halogens is 1. The zero-order valence-corrected chi connectivity index (χ0v) is 15.8. The van der Waals surface area contributed by atoms with E-state index in [9.17, 15) is 5.26 Å². The molecule has 0 aliphatic heterocycles. The number of rotatable bonds is 4. The lowest BCUT2D eigenvalue weighted by atomic mass is 10.0. The van der Waals surface area contributed by atoms with E-state index in [1.807, 2.05) is 49.4 Å². The number of nitrogens with zero attached hydrogens (tertiary/aromatic N) is 4. The zero-order chi connectivity index (χ0) is 19.4. The molecule has 2 aromatic carbocycles. The van der Waals surface area contributed by atoms with Crippen molar-refractivity contribution >= 4 is 28.8 Å². The lowest BCUT2D eigenvalue weighted by Gasteiger charge is -2.11. The summed E-state index contributed by atoms with van der Waals surface area (Å²) in [7, 11) is 0. The van der Waals surface area contributed by atoms with Crippen molar-refractivity contribution in [1.82, 2.24) is 4.98 Å². The SMILES string of the molecule is Cc1ccc(Cl)c(N=Nc2c(N)nc(Cc3ccccc3)c(C#N)c2C)c1. The lowest BCUT2D eigenvalue weighted by molar-refractivity contribution is 1.04. The molecule has 134 valence electrons. The molecule has 1 heterocycles. The Balaban J connectivity index is 2.01. The molecule has 0 aliphatic rings. The lowest BCUT2D eigenvalue weighted by Crippen LogP contribution is -2.04. The van der Waals surface area contributed by atoms with Crippen molar-refractivity contribution in [1.29, 1.82) is 5.26 Å². The minimum Gasteiger partial charge on any atom is -0.382 e. The summed E-state index contributed by atoms with van der Waals surface area (Å²) in [5.74, 6) is 0.241. The maximum Gasteiger partial charge on any atom is 0.151 e. The third-order valence-corrected chi connectivity index (χ3v) is 4.52. The highest BCUT2D eigenvalue weighted by atomic mass is 35.5. The maximum atomic E-state index is 9.63. The Morgan fingerprint density at radius 1 is 1.11 bits per heavy atom. The molecule has 5 nitrogen and oxygen atoms in total. The molecule has 0 atom stereocenters. The fraction of sp³-hybridized carbons (Fsp3) is 0.143. The molecule has 27 heavy (non-hydrogen) atoms. The van der Waals surface area contributed by atoms with Gasteiger partial charge in [-0.25, -0.2) is 4.98 Å². The summed E-state index contributed by atoms with van der Waals surface area (Å²) in [5.41, 5.74) is 10.9.